The first-order chi connectivity index (χ1) is 9.75. The van der Waals surface area contributed by atoms with Crippen LogP contribution in [0.5, 0.6) is 0 Å². The summed E-state index contributed by atoms with van der Waals surface area (Å²) in [5.74, 6) is -0.570. The van der Waals surface area contributed by atoms with E-state index >= 15 is 0 Å². The Morgan fingerprint density at radius 1 is 0.800 bits per heavy atom. The Balaban J connectivity index is 2.04. The van der Waals surface area contributed by atoms with Gasteiger partial charge in [-0.3, -0.25) is 14.9 Å². The summed E-state index contributed by atoms with van der Waals surface area (Å²) in [6.07, 6.45) is 0. The van der Waals surface area contributed by atoms with E-state index < -0.39 is 0 Å². The monoisotopic (exact) mass is 317 g/mol. The fourth-order valence-corrected chi connectivity index (χ4v) is 5.27. The molecule has 0 fully saturated rings. The van der Waals surface area contributed by atoms with Gasteiger partial charge >= 0.3 is 0 Å². The minimum absolute atomic E-state index is 0.285. The van der Waals surface area contributed by atoms with Crippen LogP contribution in [0.25, 0.3) is 19.5 Å². The molecule has 3 aromatic heterocycles. The highest BCUT2D eigenvalue weighted by molar-refractivity contribution is 7.26. The fraction of sp³-hybridized carbons (Fsp3) is 0. The minimum atomic E-state index is -0.285. The van der Waals surface area contributed by atoms with Crippen molar-refractivity contribution in [1.82, 2.24) is 5.32 Å². The first-order valence-electron chi connectivity index (χ1n) is 5.86. The summed E-state index contributed by atoms with van der Waals surface area (Å²) < 4.78 is 0. The van der Waals surface area contributed by atoms with Gasteiger partial charge in [0.2, 0.25) is 0 Å². The molecular weight excluding hydrogens is 310 g/mol. The molecule has 0 spiro atoms. The summed E-state index contributed by atoms with van der Waals surface area (Å²) in [5, 5.41) is 6.35. The fourth-order valence-electron chi connectivity index (χ4n) is 2.26. The van der Waals surface area contributed by atoms with Crippen LogP contribution in [0.2, 0.25) is 0 Å². The number of fused-ring (bicyclic) bond motifs is 1. The van der Waals surface area contributed by atoms with Crippen LogP contribution < -0.4 is 5.32 Å². The SMILES string of the molecule is O=C1NC(=O)c2c(-c3cccs3)sc(-c3cccs3)c21. The molecule has 3 aromatic rings. The van der Waals surface area contributed by atoms with Gasteiger partial charge in [-0.15, -0.1) is 34.0 Å². The van der Waals surface area contributed by atoms with E-state index in [4.69, 9.17) is 0 Å². The Hall–Kier alpha value is -1.76. The summed E-state index contributed by atoms with van der Waals surface area (Å²) in [6.45, 7) is 0. The van der Waals surface area contributed by atoms with E-state index in [9.17, 15) is 9.59 Å². The molecule has 0 radical (unpaired) electrons. The van der Waals surface area contributed by atoms with Gasteiger partial charge in [0.1, 0.15) is 0 Å². The van der Waals surface area contributed by atoms with Crippen LogP contribution in [-0.4, -0.2) is 11.8 Å². The Morgan fingerprint density at radius 3 is 1.70 bits per heavy atom. The highest BCUT2D eigenvalue weighted by atomic mass is 32.1. The molecule has 0 atom stereocenters. The van der Waals surface area contributed by atoms with Crippen molar-refractivity contribution in [2.75, 3.05) is 0 Å². The number of hydrogen-bond acceptors (Lipinski definition) is 5. The first kappa shape index (κ1) is 12.0. The van der Waals surface area contributed by atoms with E-state index in [1.165, 1.54) is 11.3 Å². The average molecular weight is 317 g/mol. The van der Waals surface area contributed by atoms with Gasteiger partial charge in [-0.05, 0) is 22.9 Å². The third-order valence-corrected chi connectivity index (χ3v) is 6.37. The van der Waals surface area contributed by atoms with Crippen LogP contribution in [0.4, 0.5) is 0 Å². The van der Waals surface area contributed by atoms with Gasteiger partial charge in [-0.2, -0.15) is 0 Å². The molecule has 0 saturated carbocycles. The van der Waals surface area contributed by atoms with Crippen molar-refractivity contribution in [2.24, 2.45) is 0 Å². The lowest BCUT2D eigenvalue weighted by atomic mass is 10.1. The second-order valence-corrected chi connectivity index (χ2v) is 7.16. The standard InChI is InChI=1S/C14H7NO2S3/c16-13-9-10(14(17)15-13)12(8-4-2-6-19-8)20-11(9)7-3-1-5-18-7/h1-6H,(H,15,16,17). The zero-order valence-corrected chi connectivity index (χ0v) is 12.5. The number of imide groups is 1. The molecule has 0 bridgehead atoms. The summed E-state index contributed by atoms with van der Waals surface area (Å²) in [4.78, 5) is 27.9. The number of thiophene rings is 3. The highest BCUT2D eigenvalue weighted by Gasteiger charge is 2.36. The van der Waals surface area contributed by atoms with Crippen molar-refractivity contribution in [3.05, 3.63) is 46.2 Å². The van der Waals surface area contributed by atoms with Crippen molar-refractivity contribution in [2.45, 2.75) is 0 Å². The molecule has 0 saturated heterocycles. The second kappa shape index (κ2) is 4.37. The van der Waals surface area contributed by atoms with Gasteiger partial charge in [-0.25, -0.2) is 0 Å². The van der Waals surface area contributed by atoms with Gasteiger partial charge in [0.05, 0.1) is 20.9 Å². The largest absolute Gasteiger partial charge is 0.288 e. The number of amides is 2. The van der Waals surface area contributed by atoms with E-state index in [0.717, 1.165) is 19.5 Å². The summed E-state index contributed by atoms with van der Waals surface area (Å²) >= 11 is 4.68. The van der Waals surface area contributed by atoms with Gasteiger partial charge in [-0.1, -0.05) is 12.1 Å². The molecule has 1 N–H and O–H groups in total. The second-order valence-electron chi connectivity index (χ2n) is 4.25. The van der Waals surface area contributed by atoms with Crippen molar-refractivity contribution >= 4 is 45.8 Å². The van der Waals surface area contributed by atoms with Gasteiger partial charge < -0.3 is 0 Å². The number of hydrogen-bond donors (Lipinski definition) is 1. The van der Waals surface area contributed by atoms with Crippen LogP contribution in [0.1, 0.15) is 20.7 Å². The topological polar surface area (TPSA) is 46.2 Å². The molecule has 0 unspecified atom stereocenters. The number of rotatable bonds is 2. The third-order valence-electron chi connectivity index (χ3n) is 3.08. The van der Waals surface area contributed by atoms with Crippen LogP contribution >= 0.6 is 34.0 Å². The molecular formula is C14H7NO2S3. The number of carbonyl (C=O) groups excluding carboxylic acids is 2. The first-order valence-corrected chi connectivity index (χ1v) is 8.43. The molecule has 2 amide bonds. The van der Waals surface area contributed by atoms with E-state index in [1.807, 2.05) is 35.0 Å². The summed E-state index contributed by atoms with van der Waals surface area (Å²) in [5.41, 5.74) is 1.07. The smallest absolute Gasteiger partial charge is 0.260 e. The molecule has 1 aliphatic heterocycles. The van der Waals surface area contributed by atoms with Crippen molar-refractivity contribution < 1.29 is 9.59 Å². The molecule has 0 aromatic carbocycles. The van der Waals surface area contributed by atoms with Crippen molar-refractivity contribution in [3.63, 3.8) is 0 Å². The van der Waals surface area contributed by atoms with Crippen LogP contribution in [-0.2, 0) is 0 Å². The van der Waals surface area contributed by atoms with Crippen molar-refractivity contribution in [3.8, 4) is 19.5 Å². The summed E-state index contributed by atoms with van der Waals surface area (Å²) in [6, 6.07) is 7.85. The van der Waals surface area contributed by atoms with Crippen LogP contribution in [0, 0.1) is 0 Å². The van der Waals surface area contributed by atoms with Crippen molar-refractivity contribution in [1.29, 1.82) is 0 Å². The zero-order chi connectivity index (χ0) is 13.7. The number of nitrogens with one attached hydrogen (secondary N) is 1. The van der Waals surface area contributed by atoms with E-state index in [0.29, 0.717) is 11.1 Å². The Labute approximate surface area is 126 Å². The van der Waals surface area contributed by atoms with Gasteiger partial charge in [0.25, 0.3) is 11.8 Å². The molecule has 3 nitrogen and oxygen atoms in total. The molecule has 1 aliphatic rings. The summed E-state index contributed by atoms with van der Waals surface area (Å²) in [7, 11) is 0. The molecule has 0 aliphatic carbocycles. The molecule has 4 rings (SSSR count). The predicted molar refractivity (Wildman–Crippen MR) is 82.7 cm³/mol. The maximum atomic E-state index is 12.1. The lowest BCUT2D eigenvalue weighted by molar-refractivity contribution is 0.0880. The predicted octanol–water partition coefficient (Wildman–Crippen LogP) is 4.09. The average Bonchev–Trinajstić information content (AvgIpc) is 3.17. The minimum Gasteiger partial charge on any atom is -0.288 e. The molecule has 98 valence electrons. The Morgan fingerprint density at radius 2 is 1.30 bits per heavy atom. The zero-order valence-electron chi connectivity index (χ0n) is 10.0. The third kappa shape index (κ3) is 1.62. The number of carbonyl (C=O) groups is 2. The van der Waals surface area contributed by atoms with Crippen LogP contribution in [0.3, 0.4) is 0 Å². The normalized spacial score (nSPS) is 13.6. The van der Waals surface area contributed by atoms with Gasteiger partial charge in [0.15, 0.2) is 0 Å². The highest BCUT2D eigenvalue weighted by Crippen LogP contribution is 2.46. The Kier molecular flexibility index (Phi) is 2.63. The molecule has 20 heavy (non-hydrogen) atoms. The molecule has 6 heteroatoms. The van der Waals surface area contributed by atoms with Crippen LogP contribution in [0.15, 0.2) is 35.0 Å². The maximum Gasteiger partial charge on any atom is 0.260 e. The quantitative estimate of drug-likeness (QED) is 0.724. The van der Waals surface area contributed by atoms with E-state index in [-0.39, 0.29) is 11.8 Å². The molecule has 4 heterocycles. The van der Waals surface area contributed by atoms with E-state index in [2.05, 4.69) is 5.32 Å². The lowest BCUT2D eigenvalue weighted by Crippen LogP contribution is -2.20. The maximum absolute atomic E-state index is 12.1. The Bertz CT molecular complexity index is 746. The van der Waals surface area contributed by atoms with Gasteiger partial charge in [0, 0.05) is 9.75 Å². The lowest BCUT2D eigenvalue weighted by Gasteiger charge is -1.96. The van der Waals surface area contributed by atoms with E-state index in [1.54, 1.807) is 22.7 Å².